The van der Waals surface area contributed by atoms with E-state index in [2.05, 4.69) is 45.8 Å². The maximum Gasteiger partial charge on any atom is 0.246 e. The molecular weight excluding hydrogens is 629 g/mol. The third-order valence-corrected chi connectivity index (χ3v) is 10.4. The normalized spacial score (nSPS) is 19.0. The quantitative estimate of drug-likeness (QED) is 0.196. The molecule has 242 valence electrons. The van der Waals surface area contributed by atoms with Crippen LogP contribution in [0, 0.1) is 28.5 Å². The molecule has 3 aromatic carbocycles. The van der Waals surface area contributed by atoms with Crippen molar-refractivity contribution < 1.29 is 9.18 Å². The predicted octanol–water partition coefficient (Wildman–Crippen LogP) is 6.24. The van der Waals surface area contributed by atoms with Gasteiger partial charge >= 0.3 is 0 Å². The van der Waals surface area contributed by atoms with Crippen LogP contribution in [0.15, 0.2) is 55.1 Å². The Hall–Kier alpha value is -5.10. The van der Waals surface area contributed by atoms with Crippen LogP contribution in [-0.4, -0.2) is 81.0 Å². The second-order valence-corrected chi connectivity index (χ2v) is 13.5. The first-order chi connectivity index (χ1) is 23.1. The predicted molar refractivity (Wildman–Crippen MR) is 184 cm³/mol. The van der Waals surface area contributed by atoms with Crippen molar-refractivity contribution in [2.75, 3.05) is 38.6 Å². The Morgan fingerprint density at radius 2 is 1.96 bits per heavy atom. The van der Waals surface area contributed by atoms with Crippen LogP contribution in [0.1, 0.15) is 37.8 Å². The van der Waals surface area contributed by atoms with Crippen LogP contribution < -0.4 is 4.90 Å². The van der Waals surface area contributed by atoms with Crippen molar-refractivity contribution in [3.05, 3.63) is 71.5 Å². The van der Waals surface area contributed by atoms with E-state index >= 15 is 4.39 Å². The van der Waals surface area contributed by atoms with Crippen LogP contribution >= 0.6 is 11.6 Å². The number of anilines is 1. The molecule has 1 unspecified atom stereocenters. The Kier molecular flexibility index (Phi) is 7.78. The van der Waals surface area contributed by atoms with Crippen molar-refractivity contribution >= 4 is 56.0 Å². The molecule has 2 atom stereocenters. The van der Waals surface area contributed by atoms with Crippen LogP contribution in [0.4, 0.5) is 10.2 Å². The van der Waals surface area contributed by atoms with E-state index in [1.807, 2.05) is 44.4 Å². The Labute approximate surface area is 282 Å². The molecule has 5 aromatic rings. The van der Waals surface area contributed by atoms with Crippen molar-refractivity contribution in [3.63, 3.8) is 0 Å². The molecule has 10 nitrogen and oxygen atoms in total. The molecular formula is C36H33ClFN9O. The lowest BCUT2D eigenvalue weighted by Crippen LogP contribution is -2.67. The van der Waals surface area contributed by atoms with Crippen LogP contribution in [0.3, 0.4) is 0 Å². The van der Waals surface area contributed by atoms with E-state index in [1.165, 1.54) is 6.08 Å². The zero-order chi connectivity index (χ0) is 33.9. The van der Waals surface area contributed by atoms with Gasteiger partial charge in [0, 0.05) is 47.6 Å². The highest BCUT2D eigenvalue weighted by Crippen LogP contribution is 2.44. The molecule has 2 aliphatic rings. The monoisotopic (exact) mass is 661 g/mol. The number of amides is 1. The number of carbonyl (C=O) groups is 1. The van der Waals surface area contributed by atoms with Crippen molar-refractivity contribution in [1.82, 2.24) is 29.8 Å². The third-order valence-electron chi connectivity index (χ3n) is 10.1. The fourth-order valence-corrected chi connectivity index (χ4v) is 7.54. The van der Waals surface area contributed by atoms with E-state index in [9.17, 15) is 15.3 Å². The average Bonchev–Trinajstić information content (AvgIpc) is 3.52. The van der Waals surface area contributed by atoms with Gasteiger partial charge < -0.3 is 14.7 Å². The van der Waals surface area contributed by atoms with Crippen molar-refractivity contribution in [2.45, 2.75) is 43.8 Å². The number of nitriles is 2. The fourth-order valence-electron chi connectivity index (χ4n) is 7.24. The fraction of sp³-hybridized carbons (Fsp3) is 0.333. The van der Waals surface area contributed by atoms with Gasteiger partial charge in [-0.3, -0.25) is 4.79 Å². The molecule has 1 amide bonds. The van der Waals surface area contributed by atoms with Crippen molar-refractivity contribution in [3.8, 4) is 23.3 Å². The number of carbonyl (C=O) groups excluding carboxylic acids is 1. The molecule has 0 aliphatic carbocycles. The second kappa shape index (κ2) is 11.9. The Morgan fingerprint density at radius 3 is 2.67 bits per heavy atom. The number of likely N-dealkylation sites (tertiary alicyclic amines) is 1. The summed E-state index contributed by atoms with van der Waals surface area (Å²) in [6.45, 7) is 7.49. The first-order valence-corrected chi connectivity index (χ1v) is 16.2. The number of likely N-dealkylation sites (N-methyl/N-ethyl adjacent to an activating group) is 1. The molecule has 12 heteroatoms. The molecule has 0 saturated carbocycles. The molecule has 7 rings (SSSR count). The minimum absolute atomic E-state index is 0.101. The zero-order valence-electron chi connectivity index (χ0n) is 26.9. The van der Waals surface area contributed by atoms with Gasteiger partial charge in [-0.15, -0.1) is 5.10 Å². The lowest BCUT2D eigenvalue weighted by atomic mass is 9.90. The van der Waals surface area contributed by atoms with Gasteiger partial charge in [-0.05, 0) is 51.4 Å². The van der Waals surface area contributed by atoms with Gasteiger partial charge in [0.1, 0.15) is 17.1 Å². The van der Waals surface area contributed by atoms with Gasteiger partial charge in [0.15, 0.2) is 17.2 Å². The van der Waals surface area contributed by atoms with E-state index in [-0.39, 0.29) is 46.1 Å². The summed E-state index contributed by atoms with van der Waals surface area (Å²) >= 11 is 6.94. The SMILES string of the molecule is C=CC(=O)N1CCC(n2nnc3c(N4CC(C)(N(C)C)C4)nc4c(F)c(-c5ccc6ccccc6c5C#N)c(Cl)cc4c32)C[C@H]1CC#N. The number of nitrogens with zero attached hydrogens (tertiary/aromatic N) is 9. The van der Waals surface area contributed by atoms with E-state index in [1.54, 1.807) is 21.7 Å². The van der Waals surface area contributed by atoms with Crippen LogP contribution in [0.25, 0.3) is 43.8 Å². The molecule has 2 aromatic heterocycles. The highest BCUT2D eigenvalue weighted by Gasteiger charge is 2.43. The van der Waals surface area contributed by atoms with E-state index in [0.29, 0.717) is 71.2 Å². The summed E-state index contributed by atoms with van der Waals surface area (Å²) in [7, 11) is 4.06. The number of pyridine rings is 1. The van der Waals surface area contributed by atoms with E-state index in [0.717, 1.165) is 5.39 Å². The highest BCUT2D eigenvalue weighted by atomic mass is 35.5. The number of benzene rings is 3. The van der Waals surface area contributed by atoms with Crippen LogP contribution in [0.5, 0.6) is 0 Å². The van der Waals surface area contributed by atoms with Crippen LogP contribution in [-0.2, 0) is 4.79 Å². The number of fused-ring (bicyclic) bond motifs is 4. The number of hydrogen-bond donors (Lipinski definition) is 0. The minimum atomic E-state index is -0.634. The standard InChI is InChI=1S/C36H33ClFN9O/c1-5-29(48)46-15-13-23(16-22(46)12-14-39)47-34-26-17-28(37)30(25-11-10-21-8-6-7-9-24(21)27(25)18-40)31(38)32(26)41-35(33(34)42-43-47)45-19-36(2,20-45)44(3)4/h5-11,17,22-23H,1,12-13,15-16,19-20H2,2-4H3/t22-,23?/m1/s1. The first kappa shape index (κ1) is 31.5. The summed E-state index contributed by atoms with van der Waals surface area (Å²) in [6, 6.07) is 16.7. The molecule has 0 spiro atoms. The minimum Gasteiger partial charge on any atom is -0.351 e. The second-order valence-electron chi connectivity index (χ2n) is 13.1. The van der Waals surface area contributed by atoms with E-state index in [4.69, 9.17) is 16.6 Å². The maximum absolute atomic E-state index is 17.1. The summed E-state index contributed by atoms with van der Waals surface area (Å²) < 4.78 is 18.9. The van der Waals surface area contributed by atoms with Gasteiger partial charge in [-0.2, -0.15) is 10.5 Å². The van der Waals surface area contributed by atoms with Crippen LogP contribution in [0.2, 0.25) is 5.02 Å². The zero-order valence-corrected chi connectivity index (χ0v) is 27.7. The lowest BCUT2D eigenvalue weighted by molar-refractivity contribution is -0.130. The van der Waals surface area contributed by atoms with Crippen molar-refractivity contribution in [2.24, 2.45) is 0 Å². The van der Waals surface area contributed by atoms with Gasteiger partial charge in [0.2, 0.25) is 5.91 Å². The number of hydrogen-bond acceptors (Lipinski definition) is 8. The maximum atomic E-state index is 17.1. The average molecular weight is 662 g/mol. The molecule has 2 fully saturated rings. The Balaban J connectivity index is 1.44. The summed E-state index contributed by atoms with van der Waals surface area (Å²) in [5, 5.41) is 31.2. The molecule has 48 heavy (non-hydrogen) atoms. The Morgan fingerprint density at radius 1 is 1.19 bits per heavy atom. The molecule has 2 aliphatic heterocycles. The molecule has 0 bridgehead atoms. The molecule has 0 N–H and O–H groups in total. The Bertz CT molecular complexity index is 2230. The number of halogens is 2. The number of aromatic nitrogens is 4. The summed E-state index contributed by atoms with van der Waals surface area (Å²) in [5.74, 6) is -0.338. The molecule has 4 heterocycles. The van der Waals surface area contributed by atoms with Crippen molar-refractivity contribution in [1.29, 1.82) is 10.5 Å². The van der Waals surface area contributed by atoms with E-state index < -0.39 is 5.82 Å². The summed E-state index contributed by atoms with van der Waals surface area (Å²) in [4.78, 5) is 23.4. The molecule has 2 saturated heterocycles. The lowest BCUT2D eigenvalue weighted by Gasteiger charge is -2.52. The van der Waals surface area contributed by atoms with Gasteiger partial charge in [-0.25, -0.2) is 14.1 Å². The summed E-state index contributed by atoms with van der Waals surface area (Å²) in [6.07, 6.45) is 2.44. The largest absolute Gasteiger partial charge is 0.351 e. The molecule has 0 radical (unpaired) electrons. The summed E-state index contributed by atoms with van der Waals surface area (Å²) in [5.41, 5.74) is 1.93. The topological polar surface area (TPSA) is 118 Å². The highest BCUT2D eigenvalue weighted by molar-refractivity contribution is 6.35. The van der Waals surface area contributed by atoms with Gasteiger partial charge in [0.05, 0.1) is 34.7 Å². The number of rotatable bonds is 6. The van der Waals surface area contributed by atoms with Gasteiger partial charge in [-0.1, -0.05) is 59.8 Å². The smallest absolute Gasteiger partial charge is 0.246 e. The number of piperidine rings is 1. The van der Waals surface area contributed by atoms with Gasteiger partial charge in [0.25, 0.3) is 0 Å². The third kappa shape index (κ3) is 4.85. The first-order valence-electron chi connectivity index (χ1n) is 15.8.